The van der Waals surface area contributed by atoms with Gasteiger partial charge in [-0.2, -0.15) is 0 Å². The second-order valence-corrected chi connectivity index (χ2v) is 5.92. The van der Waals surface area contributed by atoms with Crippen LogP contribution in [0.25, 0.3) is 0 Å². The van der Waals surface area contributed by atoms with Gasteiger partial charge in [0.25, 0.3) is 0 Å². The van der Waals surface area contributed by atoms with Crippen LogP contribution >= 0.6 is 11.8 Å². The van der Waals surface area contributed by atoms with Crippen LogP contribution in [0.1, 0.15) is 24.5 Å². The van der Waals surface area contributed by atoms with Crippen molar-refractivity contribution in [1.29, 1.82) is 0 Å². The molecule has 4 heteroatoms. The van der Waals surface area contributed by atoms with E-state index in [-0.39, 0.29) is 5.97 Å². The second kappa shape index (κ2) is 6.25. The predicted octanol–water partition coefficient (Wildman–Crippen LogP) is 2.68. The lowest BCUT2D eigenvalue weighted by Gasteiger charge is -2.20. The molecule has 3 nitrogen and oxygen atoms in total. The fourth-order valence-corrected chi connectivity index (χ4v) is 2.71. The van der Waals surface area contributed by atoms with Crippen LogP contribution in [-0.4, -0.2) is 24.4 Å². The standard InChI is InChI=1S/C14H21NO2S/c1-10-5-6-12(9-11(10)2)18-8-7-14(3,15)13(16)17-4/h5-6,9H,7-8,15H2,1-4H3. The number of benzene rings is 1. The van der Waals surface area contributed by atoms with Crippen molar-refractivity contribution in [3.05, 3.63) is 29.3 Å². The maximum Gasteiger partial charge on any atom is 0.325 e. The number of aryl methyl sites for hydroxylation is 2. The van der Waals surface area contributed by atoms with E-state index in [0.29, 0.717) is 6.42 Å². The van der Waals surface area contributed by atoms with Gasteiger partial charge in [0.05, 0.1) is 7.11 Å². The first-order valence-corrected chi connectivity index (χ1v) is 6.93. The van der Waals surface area contributed by atoms with Crippen LogP contribution in [0.15, 0.2) is 23.1 Å². The molecular weight excluding hydrogens is 246 g/mol. The number of methoxy groups -OCH3 is 1. The summed E-state index contributed by atoms with van der Waals surface area (Å²) >= 11 is 1.71. The maximum atomic E-state index is 11.4. The number of carbonyl (C=O) groups is 1. The van der Waals surface area contributed by atoms with Gasteiger partial charge in [0, 0.05) is 10.6 Å². The van der Waals surface area contributed by atoms with Crippen LogP contribution in [0.4, 0.5) is 0 Å². The van der Waals surface area contributed by atoms with E-state index in [4.69, 9.17) is 5.73 Å². The number of ether oxygens (including phenoxy) is 1. The smallest absolute Gasteiger partial charge is 0.325 e. The topological polar surface area (TPSA) is 52.3 Å². The molecule has 0 fully saturated rings. The maximum absolute atomic E-state index is 11.4. The van der Waals surface area contributed by atoms with E-state index in [1.54, 1.807) is 18.7 Å². The quantitative estimate of drug-likeness (QED) is 0.658. The van der Waals surface area contributed by atoms with E-state index in [2.05, 4.69) is 36.8 Å². The van der Waals surface area contributed by atoms with Crippen molar-refractivity contribution in [2.75, 3.05) is 12.9 Å². The van der Waals surface area contributed by atoms with E-state index in [1.165, 1.54) is 23.1 Å². The summed E-state index contributed by atoms with van der Waals surface area (Å²) in [5.74, 6) is 0.438. The predicted molar refractivity (Wildman–Crippen MR) is 75.9 cm³/mol. The van der Waals surface area contributed by atoms with Crippen LogP contribution in [0.3, 0.4) is 0 Å². The van der Waals surface area contributed by atoms with Gasteiger partial charge < -0.3 is 10.5 Å². The molecule has 1 rings (SSSR count). The zero-order valence-corrected chi connectivity index (χ0v) is 12.3. The molecule has 0 aliphatic rings. The Morgan fingerprint density at radius 2 is 2.06 bits per heavy atom. The van der Waals surface area contributed by atoms with Crippen molar-refractivity contribution in [3.63, 3.8) is 0 Å². The first-order chi connectivity index (χ1) is 8.36. The Kier molecular flexibility index (Phi) is 5.23. The molecule has 0 radical (unpaired) electrons. The molecule has 0 bridgehead atoms. The highest BCUT2D eigenvalue weighted by Gasteiger charge is 2.28. The van der Waals surface area contributed by atoms with Gasteiger partial charge in [0.15, 0.2) is 0 Å². The van der Waals surface area contributed by atoms with Crippen molar-refractivity contribution in [1.82, 2.24) is 0 Å². The van der Waals surface area contributed by atoms with Gasteiger partial charge >= 0.3 is 5.97 Å². The third-order valence-electron chi connectivity index (χ3n) is 3.02. The highest BCUT2D eigenvalue weighted by Crippen LogP contribution is 2.23. The van der Waals surface area contributed by atoms with Crippen molar-refractivity contribution < 1.29 is 9.53 Å². The summed E-state index contributed by atoms with van der Waals surface area (Å²) in [6, 6.07) is 6.37. The molecule has 0 spiro atoms. The van der Waals surface area contributed by atoms with Crippen LogP contribution < -0.4 is 5.73 Å². The molecule has 1 aromatic carbocycles. The zero-order valence-electron chi connectivity index (χ0n) is 11.4. The number of thioether (sulfide) groups is 1. The van der Waals surface area contributed by atoms with Crippen molar-refractivity contribution >= 4 is 17.7 Å². The molecule has 2 N–H and O–H groups in total. The summed E-state index contributed by atoms with van der Waals surface area (Å²) in [7, 11) is 1.36. The summed E-state index contributed by atoms with van der Waals surface area (Å²) < 4.78 is 4.68. The molecule has 1 atom stereocenters. The minimum atomic E-state index is -0.901. The highest BCUT2D eigenvalue weighted by molar-refractivity contribution is 7.99. The Hall–Kier alpha value is -1.00. The molecule has 100 valence electrons. The summed E-state index contributed by atoms with van der Waals surface area (Å²) in [6.45, 7) is 5.90. The molecule has 0 heterocycles. The molecule has 0 aliphatic heterocycles. The van der Waals surface area contributed by atoms with Crippen LogP contribution in [-0.2, 0) is 9.53 Å². The van der Waals surface area contributed by atoms with Gasteiger partial charge in [0.2, 0.25) is 0 Å². The van der Waals surface area contributed by atoms with Gasteiger partial charge in [-0.05, 0) is 50.5 Å². The Morgan fingerprint density at radius 1 is 1.39 bits per heavy atom. The average molecular weight is 267 g/mol. The lowest BCUT2D eigenvalue weighted by atomic mass is 10.0. The lowest BCUT2D eigenvalue weighted by Crippen LogP contribution is -2.46. The number of esters is 1. The van der Waals surface area contributed by atoms with Crippen LogP contribution in [0, 0.1) is 13.8 Å². The average Bonchev–Trinajstić information content (AvgIpc) is 2.32. The first-order valence-electron chi connectivity index (χ1n) is 5.94. The Bertz CT molecular complexity index is 430. The van der Waals surface area contributed by atoms with Crippen LogP contribution in [0.5, 0.6) is 0 Å². The van der Waals surface area contributed by atoms with E-state index >= 15 is 0 Å². The molecule has 1 unspecified atom stereocenters. The number of rotatable bonds is 5. The summed E-state index contributed by atoms with van der Waals surface area (Å²) in [5, 5.41) is 0. The SMILES string of the molecule is COC(=O)C(C)(N)CCSc1ccc(C)c(C)c1. The van der Waals surface area contributed by atoms with E-state index in [0.717, 1.165) is 5.75 Å². The van der Waals surface area contributed by atoms with E-state index in [9.17, 15) is 4.79 Å². The molecular formula is C14H21NO2S. The van der Waals surface area contributed by atoms with E-state index < -0.39 is 5.54 Å². The Labute approximate surface area is 113 Å². The fraction of sp³-hybridized carbons (Fsp3) is 0.500. The van der Waals surface area contributed by atoms with Crippen molar-refractivity contribution in [3.8, 4) is 0 Å². The molecule has 0 aromatic heterocycles. The minimum Gasteiger partial charge on any atom is -0.468 e. The monoisotopic (exact) mass is 267 g/mol. The summed E-state index contributed by atoms with van der Waals surface area (Å²) in [5.41, 5.74) is 7.57. The highest BCUT2D eigenvalue weighted by atomic mass is 32.2. The van der Waals surface area contributed by atoms with Crippen LogP contribution in [0.2, 0.25) is 0 Å². The van der Waals surface area contributed by atoms with E-state index in [1.807, 2.05) is 0 Å². The van der Waals surface area contributed by atoms with Gasteiger partial charge in [-0.15, -0.1) is 11.8 Å². The molecule has 0 saturated carbocycles. The van der Waals surface area contributed by atoms with Crippen molar-refractivity contribution in [2.45, 2.75) is 37.6 Å². The molecule has 0 aliphatic carbocycles. The summed E-state index contributed by atoms with van der Waals surface area (Å²) in [4.78, 5) is 12.6. The zero-order chi connectivity index (χ0) is 13.8. The van der Waals surface area contributed by atoms with Crippen molar-refractivity contribution in [2.24, 2.45) is 5.73 Å². The van der Waals surface area contributed by atoms with Gasteiger partial charge in [-0.1, -0.05) is 6.07 Å². The summed E-state index contributed by atoms with van der Waals surface area (Å²) in [6.07, 6.45) is 0.595. The second-order valence-electron chi connectivity index (χ2n) is 4.75. The largest absolute Gasteiger partial charge is 0.468 e. The number of hydrogen-bond donors (Lipinski definition) is 1. The minimum absolute atomic E-state index is 0.358. The van der Waals surface area contributed by atoms with Gasteiger partial charge in [-0.25, -0.2) is 0 Å². The first kappa shape index (κ1) is 15.1. The number of hydrogen-bond acceptors (Lipinski definition) is 4. The Morgan fingerprint density at radius 3 is 2.61 bits per heavy atom. The van der Waals surface area contributed by atoms with Gasteiger partial charge in [0.1, 0.15) is 5.54 Å². The lowest BCUT2D eigenvalue weighted by molar-refractivity contribution is -0.146. The Balaban J connectivity index is 2.51. The molecule has 1 aromatic rings. The van der Waals surface area contributed by atoms with Gasteiger partial charge in [-0.3, -0.25) is 4.79 Å². The molecule has 0 amide bonds. The molecule has 18 heavy (non-hydrogen) atoms. The fourth-order valence-electron chi connectivity index (χ4n) is 1.52. The normalized spacial score (nSPS) is 14.1. The number of carbonyl (C=O) groups excluding carboxylic acids is 1. The molecule has 0 saturated heterocycles. The third-order valence-corrected chi connectivity index (χ3v) is 4.02. The third kappa shape index (κ3) is 4.03. The number of nitrogens with two attached hydrogens (primary N) is 1.